The minimum atomic E-state index is -3.89. The second-order valence-electron chi connectivity index (χ2n) is 5.59. The molecule has 4 unspecified atom stereocenters. The summed E-state index contributed by atoms with van der Waals surface area (Å²) in [6, 6.07) is 0.372. The van der Waals surface area contributed by atoms with Crippen LogP contribution in [0.15, 0.2) is 0 Å². The highest BCUT2D eigenvalue weighted by molar-refractivity contribution is 7.86. The maximum atomic E-state index is 11.5. The van der Waals surface area contributed by atoms with Gasteiger partial charge in [0.05, 0.1) is 5.25 Å². The van der Waals surface area contributed by atoms with Crippen molar-refractivity contribution >= 4 is 10.1 Å². The molecule has 0 radical (unpaired) electrons. The molecule has 0 heterocycles. The molecule has 106 valence electrons. The van der Waals surface area contributed by atoms with Gasteiger partial charge in [-0.2, -0.15) is 8.42 Å². The van der Waals surface area contributed by atoms with Crippen LogP contribution in [0.4, 0.5) is 0 Å². The van der Waals surface area contributed by atoms with Gasteiger partial charge in [-0.15, -0.1) is 0 Å². The zero-order valence-corrected chi connectivity index (χ0v) is 11.5. The number of fused-ring (bicyclic) bond motifs is 1. The van der Waals surface area contributed by atoms with Crippen molar-refractivity contribution in [1.29, 1.82) is 0 Å². The number of hydrogen-bond acceptors (Lipinski definition) is 4. The minimum absolute atomic E-state index is 0.123. The second-order valence-corrected chi connectivity index (χ2v) is 7.23. The summed E-state index contributed by atoms with van der Waals surface area (Å²) in [4.78, 5) is 0. The molecule has 0 aliphatic heterocycles. The highest BCUT2D eigenvalue weighted by Crippen LogP contribution is 2.43. The van der Waals surface area contributed by atoms with Crippen LogP contribution in [0.2, 0.25) is 0 Å². The Balaban J connectivity index is 2.09. The first-order chi connectivity index (χ1) is 8.54. The molecule has 0 aromatic heterocycles. The Morgan fingerprint density at radius 1 is 1.11 bits per heavy atom. The molecule has 0 amide bonds. The Kier molecular flexibility index (Phi) is 4.64. The van der Waals surface area contributed by atoms with Crippen LogP contribution in [-0.4, -0.2) is 37.4 Å². The van der Waals surface area contributed by atoms with Gasteiger partial charge in [0.15, 0.2) is 0 Å². The standard InChI is InChI=1S/C12H24N2O3S/c13-7-8-14-11-5-1-4-10-9(11)3-2-6-12(10)18(15,16)17/h9-12,14H,1-8,13H2,(H,15,16,17). The molecule has 2 fully saturated rings. The fourth-order valence-electron chi connectivity index (χ4n) is 3.84. The van der Waals surface area contributed by atoms with E-state index >= 15 is 0 Å². The summed E-state index contributed by atoms with van der Waals surface area (Å²) in [7, 11) is -3.89. The van der Waals surface area contributed by atoms with Gasteiger partial charge in [0, 0.05) is 19.1 Å². The van der Waals surface area contributed by atoms with Crippen LogP contribution in [0.25, 0.3) is 0 Å². The van der Waals surface area contributed by atoms with Crippen LogP contribution in [0.1, 0.15) is 38.5 Å². The van der Waals surface area contributed by atoms with E-state index in [-0.39, 0.29) is 5.92 Å². The van der Waals surface area contributed by atoms with Gasteiger partial charge in [0.2, 0.25) is 0 Å². The summed E-state index contributed by atoms with van der Waals surface area (Å²) < 4.78 is 32.3. The molecule has 2 rings (SSSR count). The molecule has 18 heavy (non-hydrogen) atoms. The molecule has 0 spiro atoms. The molecule has 0 bridgehead atoms. The lowest BCUT2D eigenvalue weighted by atomic mass is 9.68. The normalized spacial score (nSPS) is 37.2. The SMILES string of the molecule is NCCNC1CCCC2C1CCCC2S(=O)(=O)O. The van der Waals surface area contributed by atoms with Crippen molar-refractivity contribution in [3.05, 3.63) is 0 Å². The summed E-state index contributed by atoms with van der Waals surface area (Å²) >= 11 is 0. The second kappa shape index (κ2) is 5.86. The van der Waals surface area contributed by atoms with Crippen LogP contribution < -0.4 is 11.1 Å². The Morgan fingerprint density at radius 3 is 2.44 bits per heavy atom. The lowest BCUT2D eigenvalue weighted by molar-refractivity contribution is 0.126. The predicted molar refractivity (Wildman–Crippen MR) is 70.9 cm³/mol. The van der Waals surface area contributed by atoms with E-state index in [4.69, 9.17) is 5.73 Å². The summed E-state index contributed by atoms with van der Waals surface area (Å²) in [5.41, 5.74) is 5.51. The molecule has 2 aliphatic carbocycles. The quantitative estimate of drug-likeness (QED) is 0.659. The molecule has 2 saturated carbocycles. The lowest BCUT2D eigenvalue weighted by Crippen LogP contribution is -2.50. The monoisotopic (exact) mass is 276 g/mol. The number of nitrogens with two attached hydrogens (primary N) is 1. The Labute approximate surface area is 109 Å². The van der Waals surface area contributed by atoms with Gasteiger partial charge in [-0.3, -0.25) is 4.55 Å². The molecule has 0 aromatic carbocycles. The van der Waals surface area contributed by atoms with E-state index in [0.29, 0.717) is 24.9 Å². The van der Waals surface area contributed by atoms with E-state index in [2.05, 4.69) is 5.32 Å². The predicted octanol–water partition coefficient (Wildman–Crippen LogP) is 0.760. The van der Waals surface area contributed by atoms with Gasteiger partial charge in [-0.1, -0.05) is 12.8 Å². The molecule has 0 saturated heterocycles. The van der Waals surface area contributed by atoms with E-state index in [1.807, 2.05) is 0 Å². The molecular weight excluding hydrogens is 252 g/mol. The molecule has 4 atom stereocenters. The van der Waals surface area contributed by atoms with Gasteiger partial charge in [0.25, 0.3) is 10.1 Å². The van der Waals surface area contributed by atoms with Gasteiger partial charge >= 0.3 is 0 Å². The number of rotatable bonds is 4. The van der Waals surface area contributed by atoms with Gasteiger partial charge in [-0.25, -0.2) is 0 Å². The summed E-state index contributed by atoms with van der Waals surface area (Å²) in [6.07, 6.45) is 5.64. The van der Waals surface area contributed by atoms with Gasteiger partial charge in [0.1, 0.15) is 0 Å². The Morgan fingerprint density at radius 2 is 1.78 bits per heavy atom. The van der Waals surface area contributed by atoms with Gasteiger partial charge in [-0.05, 0) is 37.5 Å². The van der Waals surface area contributed by atoms with Crippen molar-refractivity contribution in [3.8, 4) is 0 Å². The largest absolute Gasteiger partial charge is 0.329 e. The topological polar surface area (TPSA) is 92.4 Å². The third kappa shape index (κ3) is 3.04. The summed E-state index contributed by atoms with van der Waals surface area (Å²) in [5.74, 6) is 0.503. The first-order valence-corrected chi connectivity index (χ1v) is 8.44. The van der Waals surface area contributed by atoms with E-state index in [9.17, 15) is 13.0 Å². The van der Waals surface area contributed by atoms with Crippen LogP contribution in [0.5, 0.6) is 0 Å². The van der Waals surface area contributed by atoms with E-state index in [1.165, 1.54) is 0 Å². The van der Waals surface area contributed by atoms with Crippen molar-refractivity contribution in [1.82, 2.24) is 5.32 Å². The number of nitrogens with one attached hydrogen (secondary N) is 1. The van der Waals surface area contributed by atoms with Crippen molar-refractivity contribution in [2.45, 2.75) is 49.8 Å². The molecule has 0 aromatic rings. The van der Waals surface area contributed by atoms with Crippen molar-refractivity contribution in [2.24, 2.45) is 17.6 Å². The highest BCUT2D eigenvalue weighted by atomic mass is 32.2. The van der Waals surface area contributed by atoms with Crippen LogP contribution in [0.3, 0.4) is 0 Å². The molecule has 5 nitrogen and oxygen atoms in total. The summed E-state index contributed by atoms with van der Waals surface area (Å²) in [6.45, 7) is 1.39. The third-order valence-electron chi connectivity index (χ3n) is 4.56. The average Bonchev–Trinajstić information content (AvgIpc) is 2.34. The van der Waals surface area contributed by atoms with Crippen molar-refractivity contribution in [2.75, 3.05) is 13.1 Å². The van der Waals surface area contributed by atoms with Crippen LogP contribution >= 0.6 is 0 Å². The maximum Gasteiger partial charge on any atom is 0.268 e. The van der Waals surface area contributed by atoms with Gasteiger partial charge < -0.3 is 11.1 Å². The fourth-order valence-corrected chi connectivity index (χ4v) is 5.08. The Bertz CT molecular complexity index is 372. The van der Waals surface area contributed by atoms with Crippen LogP contribution in [-0.2, 0) is 10.1 Å². The van der Waals surface area contributed by atoms with Crippen LogP contribution in [0, 0.1) is 11.8 Å². The minimum Gasteiger partial charge on any atom is -0.329 e. The van der Waals surface area contributed by atoms with Crippen molar-refractivity contribution in [3.63, 3.8) is 0 Å². The van der Waals surface area contributed by atoms with E-state index < -0.39 is 15.4 Å². The van der Waals surface area contributed by atoms with Crippen molar-refractivity contribution < 1.29 is 13.0 Å². The zero-order valence-electron chi connectivity index (χ0n) is 10.7. The molecule has 2 aliphatic rings. The first kappa shape index (κ1) is 14.2. The third-order valence-corrected chi connectivity index (χ3v) is 5.91. The fraction of sp³-hybridized carbons (Fsp3) is 1.00. The highest BCUT2D eigenvalue weighted by Gasteiger charge is 2.44. The molecular formula is C12H24N2O3S. The Hall–Kier alpha value is -0.170. The maximum absolute atomic E-state index is 11.5. The number of hydrogen-bond donors (Lipinski definition) is 3. The smallest absolute Gasteiger partial charge is 0.268 e. The lowest BCUT2D eigenvalue weighted by Gasteiger charge is -2.44. The zero-order chi connectivity index (χ0) is 13.2. The molecule has 6 heteroatoms. The summed E-state index contributed by atoms with van der Waals surface area (Å²) in [5, 5.41) is 2.90. The van der Waals surface area contributed by atoms with E-state index in [1.54, 1.807) is 0 Å². The molecule has 4 N–H and O–H groups in total. The first-order valence-electron chi connectivity index (χ1n) is 6.94. The average molecular weight is 276 g/mol. The van der Waals surface area contributed by atoms with E-state index in [0.717, 1.165) is 38.6 Å².